The number of benzene rings is 2. The molecule has 3 rings (SSSR count). The predicted molar refractivity (Wildman–Crippen MR) is 105 cm³/mol. The largest absolute Gasteiger partial charge is 0.394 e. The molecule has 146 valence electrons. The molecule has 0 aliphatic carbocycles. The van der Waals surface area contributed by atoms with E-state index in [1.807, 2.05) is 36.5 Å². The zero-order chi connectivity index (χ0) is 19.8. The van der Waals surface area contributed by atoms with E-state index in [1.54, 1.807) is 16.8 Å². The summed E-state index contributed by atoms with van der Waals surface area (Å²) >= 11 is 0. The lowest BCUT2D eigenvalue weighted by Crippen LogP contribution is -2.20. The average Bonchev–Trinajstić information content (AvgIpc) is 3.15. The number of ether oxygens (including phenoxy) is 1. The van der Waals surface area contributed by atoms with Crippen molar-refractivity contribution >= 4 is 5.69 Å². The van der Waals surface area contributed by atoms with Crippen LogP contribution in [0.15, 0.2) is 60.8 Å². The Hall–Kier alpha value is -3.07. The molecule has 0 unspecified atom stereocenters. The van der Waals surface area contributed by atoms with Gasteiger partial charge >= 0.3 is 0 Å². The molecule has 8 heteroatoms. The molecular formula is C20H22N4O4. The summed E-state index contributed by atoms with van der Waals surface area (Å²) in [4.78, 5) is 10.5. The van der Waals surface area contributed by atoms with E-state index in [2.05, 4.69) is 5.32 Å². The molecule has 0 aliphatic rings. The quantitative estimate of drug-likeness (QED) is 0.317. The number of hydrogen-bond acceptors (Lipinski definition) is 6. The van der Waals surface area contributed by atoms with Crippen LogP contribution in [0.25, 0.3) is 16.9 Å². The number of rotatable bonds is 10. The van der Waals surface area contributed by atoms with Crippen LogP contribution in [0.3, 0.4) is 0 Å². The van der Waals surface area contributed by atoms with Crippen LogP contribution < -0.4 is 5.32 Å². The Balaban J connectivity index is 1.81. The van der Waals surface area contributed by atoms with Gasteiger partial charge in [0.1, 0.15) is 0 Å². The van der Waals surface area contributed by atoms with Crippen molar-refractivity contribution in [3.05, 3.63) is 76.5 Å². The molecule has 0 spiro atoms. The summed E-state index contributed by atoms with van der Waals surface area (Å²) in [6.45, 7) is 2.04. The lowest BCUT2D eigenvalue weighted by Gasteiger charge is -2.06. The zero-order valence-corrected chi connectivity index (χ0v) is 15.3. The molecule has 0 amide bonds. The summed E-state index contributed by atoms with van der Waals surface area (Å²) in [6.07, 6.45) is 1.95. The Labute approximate surface area is 162 Å². The van der Waals surface area contributed by atoms with E-state index in [0.717, 1.165) is 22.5 Å². The monoisotopic (exact) mass is 382 g/mol. The summed E-state index contributed by atoms with van der Waals surface area (Å²) in [5.41, 5.74) is 3.53. The molecular weight excluding hydrogens is 360 g/mol. The molecule has 0 aliphatic heterocycles. The van der Waals surface area contributed by atoms with Crippen molar-refractivity contribution in [3.63, 3.8) is 0 Å². The molecule has 3 aromatic rings. The fraction of sp³-hybridized carbons (Fsp3) is 0.250. The second-order valence-electron chi connectivity index (χ2n) is 6.10. The van der Waals surface area contributed by atoms with Crippen LogP contribution in [-0.2, 0) is 11.3 Å². The molecule has 0 atom stereocenters. The van der Waals surface area contributed by atoms with Gasteiger partial charge in [-0.15, -0.1) is 0 Å². The Morgan fingerprint density at radius 1 is 1.11 bits per heavy atom. The lowest BCUT2D eigenvalue weighted by atomic mass is 10.1. The van der Waals surface area contributed by atoms with Crippen molar-refractivity contribution in [1.82, 2.24) is 15.1 Å². The first-order valence-corrected chi connectivity index (χ1v) is 8.97. The lowest BCUT2D eigenvalue weighted by molar-refractivity contribution is -0.384. The number of hydrogen-bond donors (Lipinski definition) is 2. The topological polar surface area (TPSA) is 102 Å². The first-order chi connectivity index (χ1) is 13.7. The van der Waals surface area contributed by atoms with Gasteiger partial charge in [-0.1, -0.05) is 18.2 Å². The van der Waals surface area contributed by atoms with Crippen LogP contribution in [0.1, 0.15) is 5.56 Å². The van der Waals surface area contributed by atoms with Gasteiger partial charge in [-0.05, 0) is 24.3 Å². The molecule has 0 fully saturated rings. The maximum absolute atomic E-state index is 10.9. The number of nitrogens with zero attached hydrogens (tertiary/aromatic N) is 3. The maximum atomic E-state index is 10.9. The van der Waals surface area contributed by atoms with Gasteiger partial charge in [-0.25, -0.2) is 4.68 Å². The van der Waals surface area contributed by atoms with Crippen molar-refractivity contribution in [1.29, 1.82) is 0 Å². The highest BCUT2D eigenvalue weighted by Gasteiger charge is 2.14. The van der Waals surface area contributed by atoms with Crippen molar-refractivity contribution in [2.45, 2.75) is 6.54 Å². The Morgan fingerprint density at radius 3 is 2.54 bits per heavy atom. The third-order valence-corrected chi connectivity index (χ3v) is 4.14. The van der Waals surface area contributed by atoms with Crippen LogP contribution in [-0.4, -0.2) is 46.2 Å². The minimum Gasteiger partial charge on any atom is -0.394 e. The minimum absolute atomic E-state index is 0.00807. The van der Waals surface area contributed by atoms with Crippen molar-refractivity contribution in [2.24, 2.45) is 0 Å². The molecule has 1 heterocycles. The standard InChI is InChI=1S/C20H22N4O4/c25-11-13-28-12-10-21-14-17-15-23(18-4-2-1-3-5-18)22-20(17)16-6-8-19(9-7-16)24(26)27/h1-9,15,21,25H,10-14H2. The number of aliphatic hydroxyl groups excluding tert-OH is 1. The molecule has 8 nitrogen and oxygen atoms in total. The number of non-ortho nitro benzene ring substituents is 1. The van der Waals surface area contributed by atoms with Crippen LogP contribution in [0.4, 0.5) is 5.69 Å². The van der Waals surface area contributed by atoms with Gasteiger partial charge in [0.05, 0.1) is 36.1 Å². The second kappa shape index (κ2) is 9.75. The van der Waals surface area contributed by atoms with E-state index in [-0.39, 0.29) is 12.3 Å². The third kappa shape index (κ3) is 5.01. The Morgan fingerprint density at radius 2 is 1.86 bits per heavy atom. The molecule has 28 heavy (non-hydrogen) atoms. The molecule has 0 saturated carbocycles. The smallest absolute Gasteiger partial charge is 0.269 e. The number of aromatic nitrogens is 2. The van der Waals surface area contributed by atoms with E-state index in [1.165, 1.54) is 12.1 Å². The highest BCUT2D eigenvalue weighted by atomic mass is 16.6. The van der Waals surface area contributed by atoms with Gasteiger partial charge in [0, 0.05) is 42.5 Å². The first-order valence-electron chi connectivity index (χ1n) is 8.97. The van der Waals surface area contributed by atoms with Gasteiger partial charge in [0.2, 0.25) is 0 Å². The normalized spacial score (nSPS) is 10.9. The number of para-hydroxylation sites is 1. The third-order valence-electron chi connectivity index (χ3n) is 4.14. The Kier molecular flexibility index (Phi) is 6.85. The van der Waals surface area contributed by atoms with E-state index >= 15 is 0 Å². The van der Waals surface area contributed by atoms with E-state index < -0.39 is 4.92 Å². The number of nitro benzene ring substituents is 1. The number of nitro groups is 1. The van der Waals surface area contributed by atoms with Crippen LogP contribution in [0, 0.1) is 10.1 Å². The van der Waals surface area contributed by atoms with Crippen LogP contribution >= 0.6 is 0 Å². The van der Waals surface area contributed by atoms with Gasteiger partial charge < -0.3 is 15.2 Å². The highest BCUT2D eigenvalue weighted by molar-refractivity contribution is 5.64. The van der Waals surface area contributed by atoms with Crippen LogP contribution in [0.2, 0.25) is 0 Å². The average molecular weight is 382 g/mol. The fourth-order valence-corrected chi connectivity index (χ4v) is 2.77. The molecule has 0 saturated heterocycles. The summed E-state index contributed by atoms with van der Waals surface area (Å²) in [5.74, 6) is 0. The molecule has 2 N–H and O–H groups in total. The summed E-state index contributed by atoms with van der Waals surface area (Å²) in [5, 5.41) is 27.6. The van der Waals surface area contributed by atoms with Gasteiger partial charge in [0.25, 0.3) is 5.69 Å². The molecule has 0 bridgehead atoms. The second-order valence-corrected chi connectivity index (χ2v) is 6.10. The van der Waals surface area contributed by atoms with E-state index in [9.17, 15) is 10.1 Å². The van der Waals surface area contributed by atoms with Crippen molar-refractivity contribution in [3.8, 4) is 16.9 Å². The van der Waals surface area contributed by atoms with E-state index in [0.29, 0.717) is 26.3 Å². The van der Waals surface area contributed by atoms with Gasteiger partial charge in [-0.3, -0.25) is 10.1 Å². The zero-order valence-electron chi connectivity index (χ0n) is 15.3. The molecule has 1 aromatic heterocycles. The fourth-order valence-electron chi connectivity index (χ4n) is 2.77. The van der Waals surface area contributed by atoms with Gasteiger partial charge in [0.15, 0.2) is 0 Å². The summed E-state index contributed by atoms with van der Waals surface area (Å²) in [6, 6.07) is 16.1. The minimum atomic E-state index is -0.415. The van der Waals surface area contributed by atoms with Crippen LogP contribution in [0.5, 0.6) is 0 Å². The van der Waals surface area contributed by atoms with Gasteiger partial charge in [-0.2, -0.15) is 5.10 Å². The number of nitrogens with one attached hydrogen (secondary N) is 1. The Bertz CT molecular complexity index is 894. The predicted octanol–water partition coefficient (Wildman–Crippen LogP) is 2.55. The maximum Gasteiger partial charge on any atom is 0.269 e. The SMILES string of the molecule is O=[N+]([O-])c1ccc(-c2nn(-c3ccccc3)cc2CNCCOCCO)cc1. The van der Waals surface area contributed by atoms with E-state index in [4.69, 9.17) is 14.9 Å². The van der Waals surface area contributed by atoms with Crippen molar-refractivity contribution in [2.75, 3.05) is 26.4 Å². The molecule has 2 aromatic carbocycles. The molecule has 0 radical (unpaired) electrons. The first kappa shape index (κ1) is 19.7. The highest BCUT2D eigenvalue weighted by Crippen LogP contribution is 2.25. The van der Waals surface area contributed by atoms with Crippen molar-refractivity contribution < 1.29 is 14.8 Å². The number of aliphatic hydroxyl groups is 1. The summed E-state index contributed by atoms with van der Waals surface area (Å²) in [7, 11) is 0. The summed E-state index contributed by atoms with van der Waals surface area (Å²) < 4.78 is 7.05.